The van der Waals surface area contributed by atoms with Crippen LogP contribution in [0.1, 0.15) is 26.3 Å². The maximum absolute atomic E-state index is 13.5. The lowest BCUT2D eigenvalue weighted by molar-refractivity contribution is -0.0280. The minimum absolute atomic E-state index is 0.405. The summed E-state index contributed by atoms with van der Waals surface area (Å²) in [4.78, 5) is 20.5. The summed E-state index contributed by atoms with van der Waals surface area (Å²) in [6.07, 6.45) is 2.46. The smallest absolute Gasteiger partial charge is 0.412 e. The normalized spacial score (nSPS) is 11.7. The lowest BCUT2D eigenvalue weighted by atomic mass is 10.1. The predicted octanol–water partition coefficient (Wildman–Crippen LogP) is 6.30. The zero-order valence-corrected chi connectivity index (χ0v) is 17.8. The van der Waals surface area contributed by atoms with Crippen molar-refractivity contribution in [1.82, 2.24) is 9.97 Å². The van der Waals surface area contributed by atoms with Crippen LogP contribution in [0.15, 0.2) is 60.9 Å². The Balaban J connectivity index is 1.76. The fourth-order valence-electron chi connectivity index (χ4n) is 2.78. The first-order chi connectivity index (χ1) is 15.1. The van der Waals surface area contributed by atoms with Crippen molar-refractivity contribution in [3.63, 3.8) is 0 Å². The SMILES string of the molecule is CC(C)(C)OC(=O)Nc1ccc(-c2nccnc2Nc2ccc(C(F)(F)CF)cc2)cc1. The molecule has 168 valence electrons. The molecule has 0 aliphatic rings. The summed E-state index contributed by atoms with van der Waals surface area (Å²) in [5, 5.41) is 5.69. The van der Waals surface area contributed by atoms with Crippen LogP contribution < -0.4 is 10.6 Å². The van der Waals surface area contributed by atoms with E-state index >= 15 is 0 Å². The van der Waals surface area contributed by atoms with Gasteiger partial charge in [0.25, 0.3) is 0 Å². The van der Waals surface area contributed by atoms with Crippen LogP contribution in [0.2, 0.25) is 0 Å². The van der Waals surface area contributed by atoms with E-state index in [1.54, 1.807) is 45.0 Å². The Labute approximate surface area is 183 Å². The van der Waals surface area contributed by atoms with E-state index in [1.807, 2.05) is 0 Å². The van der Waals surface area contributed by atoms with E-state index < -0.39 is 29.9 Å². The van der Waals surface area contributed by atoms with Crippen LogP contribution in [-0.2, 0) is 10.7 Å². The number of hydrogen-bond acceptors (Lipinski definition) is 5. The third-order valence-electron chi connectivity index (χ3n) is 4.24. The highest BCUT2D eigenvalue weighted by Gasteiger charge is 2.31. The van der Waals surface area contributed by atoms with Crippen molar-refractivity contribution in [2.75, 3.05) is 17.3 Å². The molecule has 9 heteroatoms. The van der Waals surface area contributed by atoms with Crippen molar-refractivity contribution < 1.29 is 22.7 Å². The molecule has 0 bridgehead atoms. The highest BCUT2D eigenvalue weighted by molar-refractivity contribution is 5.85. The molecule has 0 aliphatic carbocycles. The number of aromatic nitrogens is 2. The minimum atomic E-state index is -3.52. The van der Waals surface area contributed by atoms with Gasteiger partial charge in [-0.2, -0.15) is 8.78 Å². The molecule has 0 saturated carbocycles. The van der Waals surface area contributed by atoms with Crippen molar-refractivity contribution in [2.45, 2.75) is 32.3 Å². The first-order valence-corrected chi connectivity index (χ1v) is 9.80. The van der Waals surface area contributed by atoms with Crippen molar-refractivity contribution in [1.29, 1.82) is 0 Å². The van der Waals surface area contributed by atoms with E-state index in [4.69, 9.17) is 4.74 Å². The maximum Gasteiger partial charge on any atom is 0.412 e. The highest BCUT2D eigenvalue weighted by Crippen LogP contribution is 2.31. The number of anilines is 3. The number of carbonyl (C=O) groups excluding carboxylic acids is 1. The van der Waals surface area contributed by atoms with E-state index in [-0.39, 0.29) is 0 Å². The average Bonchev–Trinajstić information content (AvgIpc) is 2.74. The van der Waals surface area contributed by atoms with Crippen LogP contribution in [-0.4, -0.2) is 28.3 Å². The quantitative estimate of drug-likeness (QED) is 0.467. The standard InChI is InChI=1S/C23H23F3N4O2/c1-22(2,3)32-21(31)30-18-8-4-15(5-9-18)19-20(28-13-12-27-19)29-17-10-6-16(7-11-17)23(25,26)14-24/h4-13H,14H2,1-3H3,(H,28,29)(H,30,31). The molecular weight excluding hydrogens is 421 g/mol. The summed E-state index contributed by atoms with van der Waals surface area (Å²) in [5.74, 6) is -3.11. The minimum Gasteiger partial charge on any atom is -0.444 e. The summed E-state index contributed by atoms with van der Waals surface area (Å²) in [6.45, 7) is 3.57. The molecule has 2 N–H and O–H groups in total. The molecule has 6 nitrogen and oxygen atoms in total. The Morgan fingerprint density at radius 1 is 0.938 bits per heavy atom. The first kappa shape index (κ1) is 23.1. The van der Waals surface area contributed by atoms with Gasteiger partial charge in [0.1, 0.15) is 11.3 Å². The van der Waals surface area contributed by atoms with E-state index in [0.29, 0.717) is 22.9 Å². The lowest BCUT2D eigenvalue weighted by Gasteiger charge is -2.19. The van der Waals surface area contributed by atoms with Gasteiger partial charge in [0.15, 0.2) is 12.5 Å². The second-order valence-electron chi connectivity index (χ2n) is 8.00. The van der Waals surface area contributed by atoms with E-state index in [0.717, 1.165) is 17.7 Å². The van der Waals surface area contributed by atoms with Crippen molar-refractivity contribution in [3.8, 4) is 11.3 Å². The topological polar surface area (TPSA) is 76.1 Å². The van der Waals surface area contributed by atoms with Gasteiger partial charge in [0.05, 0.1) is 0 Å². The third-order valence-corrected chi connectivity index (χ3v) is 4.24. The van der Waals surface area contributed by atoms with Crippen LogP contribution in [0.5, 0.6) is 0 Å². The molecule has 0 fully saturated rings. The third kappa shape index (κ3) is 5.96. The second-order valence-corrected chi connectivity index (χ2v) is 8.00. The molecule has 3 aromatic rings. The van der Waals surface area contributed by atoms with Crippen molar-refractivity contribution in [3.05, 3.63) is 66.5 Å². The van der Waals surface area contributed by atoms with Gasteiger partial charge in [-0.15, -0.1) is 0 Å². The van der Waals surface area contributed by atoms with Gasteiger partial charge in [-0.1, -0.05) is 24.3 Å². The number of halogens is 3. The molecule has 0 saturated heterocycles. The van der Waals surface area contributed by atoms with Gasteiger partial charge in [-0.05, 0) is 45.0 Å². The van der Waals surface area contributed by atoms with Gasteiger partial charge >= 0.3 is 12.0 Å². The summed E-state index contributed by atoms with van der Waals surface area (Å²) in [6, 6.07) is 12.1. The molecule has 0 atom stereocenters. The lowest BCUT2D eigenvalue weighted by Crippen LogP contribution is -2.27. The Bertz CT molecular complexity index is 1070. The highest BCUT2D eigenvalue weighted by atomic mass is 19.3. The Morgan fingerprint density at radius 2 is 1.53 bits per heavy atom. The van der Waals surface area contributed by atoms with Crippen LogP contribution in [0.3, 0.4) is 0 Å². The molecule has 0 aliphatic heterocycles. The Morgan fingerprint density at radius 3 is 2.12 bits per heavy atom. The van der Waals surface area contributed by atoms with E-state index in [9.17, 15) is 18.0 Å². The molecule has 1 aromatic heterocycles. The monoisotopic (exact) mass is 444 g/mol. The molecule has 0 spiro atoms. The number of carbonyl (C=O) groups is 1. The Kier molecular flexibility index (Phi) is 6.67. The van der Waals surface area contributed by atoms with Gasteiger partial charge in [-0.25, -0.2) is 14.2 Å². The molecule has 32 heavy (non-hydrogen) atoms. The van der Waals surface area contributed by atoms with Crippen LogP contribution in [0.25, 0.3) is 11.3 Å². The summed E-state index contributed by atoms with van der Waals surface area (Å²) < 4.78 is 44.7. The molecule has 1 amide bonds. The van der Waals surface area contributed by atoms with E-state index in [1.165, 1.54) is 24.5 Å². The molecule has 0 unspecified atom stereocenters. The zero-order valence-electron chi connectivity index (χ0n) is 17.8. The second kappa shape index (κ2) is 9.25. The molecule has 3 rings (SSSR count). The number of amides is 1. The molecule has 1 heterocycles. The number of nitrogens with one attached hydrogen (secondary N) is 2. The van der Waals surface area contributed by atoms with Gasteiger partial charge in [0.2, 0.25) is 0 Å². The van der Waals surface area contributed by atoms with Gasteiger partial charge in [-0.3, -0.25) is 10.3 Å². The predicted molar refractivity (Wildman–Crippen MR) is 117 cm³/mol. The summed E-state index contributed by atoms with van der Waals surface area (Å²) in [5.41, 5.74) is 1.27. The summed E-state index contributed by atoms with van der Waals surface area (Å²) >= 11 is 0. The average molecular weight is 444 g/mol. The Hall–Kier alpha value is -3.62. The van der Waals surface area contributed by atoms with Gasteiger partial charge < -0.3 is 10.1 Å². The van der Waals surface area contributed by atoms with Crippen molar-refractivity contribution >= 4 is 23.3 Å². The van der Waals surface area contributed by atoms with Crippen LogP contribution in [0, 0.1) is 0 Å². The number of hydrogen-bond donors (Lipinski definition) is 2. The summed E-state index contributed by atoms with van der Waals surface area (Å²) in [7, 11) is 0. The molecular formula is C23H23F3N4O2. The van der Waals surface area contributed by atoms with Crippen LogP contribution >= 0.6 is 0 Å². The largest absolute Gasteiger partial charge is 0.444 e. The van der Waals surface area contributed by atoms with Crippen molar-refractivity contribution in [2.24, 2.45) is 0 Å². The fourth-order valence-corrected chi connectivity index (χ4v) is 2.78. The fraction of sp³-hybridized carbons (Fsp3) is 0.261. The van der Waals surface area contributed by atoms with Crippen LogP contribution in [0.4, 0.5) is 35.2 Å². The van der Waals surface area contributed by atoms with E-state index in [2.05, 4.69) is 20.6 Å². The zero-order chi connectivity index (χ0) is 23.4. The number of benzene rings is 2. The number of ether oxygens (including phenoxy) is 1. The molecule has 0 radical (unpaired) electrons. The van der Waals surface area contributed by atoms with Gasteiger partial charge in [0, 0.05) is 34.9 Å². The number of alkyl halides is 3. The first-order valence-electron chi connectivity index (χ1n) is 9.80. The molecule has 2 aromatic carbocycles. The maximum atomic E-state index is 13.5. The number of rotatable bonds is 6. The number of nitrogens with zero attached hydrogens (tertiary/aromatic N) is 2.